The number of rotatable bonds is 9. The Morgan fingerprint density at radius 3 is 2.62 bits per heavy atom. The molecule has 1 atom stereocenters. The zero-order valence-electron chi connectivity index (χ0n) is 16.4. The van der Waals surface area contributed by atoms with Gasteiger partial charge in [0.05, 0.1) is 24.0 Å². The highest BCUT2D eigenvalue weighted by molar-refractivity contribution is 5.96. The predicted molar refractivity (Wildman–Crippen MR) is 107 cm³/mol. The van der Waals surface area contributed by atoms with Crippen LogP contribution in [0.4, 0.5) is 5.69 Å². The molecule has 2 aromatic rings. The second-order valence-electron chi connectivity index (χ2n) is 6.52. The Balaban J connectivity index is 1.45. The summed E-state index contributed by atoms with van der Waals surface area (Å²) < 4.78 is 21.7. The molecule has 0 aromatic heterocycles. The largest absolute Gasteiger partial charge is 0.492 e. The van der Waals surface area contributed by atoms with Crippen molar-refractivity contribution in [2.24, 2.45) is 0 Å². The lowest BCUT2D eigenvalue weighted by molar-refractivity contribution is -0.119. The van der Waals surface area contributed by atoms with Gasteiger partial charge in [-0.15, -0.1) is 0 Å². The van der Waals surface area contributed by atoms with Crippen LogP contribution in [0.1, 0.15) is 30.1 Å². The van der Waals surface area contributed by atoms with E-state index in [0.29, 0.717) is 36.0 Å². The Labute approximate surface area is 169 Å². The number of ether oxygens (including phenoxy) is 4. The van der Waals surface area contributed by atoms with Crippen molar-refractivity contribution in [3.05, 3.63) is 54.1 Å². The highest BCUT2D eigenvalue weighted by atomic mass is 16.5. The minimum absolute atomic E-state index is 0.131. The number of anilines is 1. The van der Waals surface area contributed by atoms with Gasteiger partial charge in [-0.3, -0.25) is 4.79 Å². The maximum Gasteiger partial charge on any atom is 0.338 e. The molecule has 0 aliphatic carbocycles. The molecule has 1 heterocycles. The molecule has 3 rings (SSSR count). The van der Waals surface area contributed by atoms with Gasteiger partial charge < -0.3 is 24.3 Å². The third kappa shape index (κ3) is 6.22. The van der Waals surface area contributed by atoms with Crippen LogP contribution < -0.4 is 14.8 Å². The fourth-order valence-corrected chi connectivity index (χ4v) is 2.90. The molecule has 154 valence electrons. The van der Waals surface area contributed by atoms with E-state index in [4.69, 9.17) is 18.9 Å². The van der Waals surface area contributed by atoms with Gasteiger partial charge in [-0.2, -0.15) is 0 Å². The van der Waals surface area contributed by atoms with Gasteiger partial charge >= 0.3 is 5.97 Å². The maximum absolute atomic E-state index is 12.2. The van der Waals surface area contributed by atoms with Crippen LogP contribution in [0.2, 0.25) is 0 Å². The molecule has 0 bridgehead atoms. The number of benzene rings is 2. The Morgan fingerprint density at radius 2 is 1.90 bits per heavy atom. The number of para-hydroxylation sites is 2. The van der Waals surface area contributed by atoms with E-state index >= 15 is 0 Å². The van der Waals surface area contributed by atoms with Crippen molar-refractivity contribution in [1.82, 2.24) is 0 Å². The van der Waals surface area contributed by atoms with Crippen LogP contribution in [0.5, 0.6) is 11.5 Å². The van der Waals surface area contributed by atoms with E-state index in [0.717, 1.165) is 19.4 Å². The summed E-state index contributed by atoms with van der Waals surface area (Å²) in [5, 5.41) is 2.68. The van der Waals surface area contributed by atoms with Gasteiger partial charge in [0.2, 0.25) is 0 Å². The van der Waals surface area contributed by atoms with Crippen LogP contribution >= 0.6 is 0 Å². The Morgan fingerprint density at radius 1 is 1.10 bits per heavy atom. The van der Waals surface area contributed by atoms with E-state index in [1.807, 2.05) is 13.0 Å². The second-order valence-corrected chi connectivity index (χ2v) is 6.52. The Hall–Kier alpha value is -3.06. The molecular formula is C22H25NO6. The second kappa shape index (κ2) is 10.5. The third-order valence-corrected chi connectivity index (χ3v) is 4.35. The van der Waals surface area contributed by atoms with E-state index in [-0.39, 0.29) is 6.10 Å². The smallest absolute Gasteiger partial charge is 0.338 e. The van der Waals surface area contributed by atoms with Gasteiger partial charge in [0.25, 0.3) is 5.91 Å². The van der Waals surface area contributed by atoms with Gasteiger partial charge in [-0.05, 0) is 56.2 Å². The van der Waals surface area contributed by atoms with Crippen LogP contribution in [0.3, 0.4) is 0 Å². The monoisotopic (exact) mass is 399 g/mol. The standard InChI is InChI=1S/C22H25NO6/c1-2-26-20-8-4-3-7-19(20)23-21(24)15-29-22(25)16-9-11-17(12-10-16)28-14-18-6-5-13-27-18/h3-4,7-12,18H,2,5-6,13-15H2,1H3,(H,23,24)/t18-/m1/s1. The van der Waals surface area contributed by atoms with Crippen molar-refractivity contribution in [1.29, 1.82) is 0 Å². The number of hydrogen-bond donors (Lipinski definition) is 1. The van der Waals surface area contributed by atoms with E-state index in [1.54, 1.807) is 42.5 Å². The van der Waals surface area contributed by atoms with Gasteiger partial charge in [0.1, 0.15) is 18.1 Å². The highest BCUT2D eigenvalue weighted by Gasteiger charge is 2.16. The molecule has 0 unspecified atom stereocenters. The van der Waals surface area contributed by atoms with Crippen molar-refractivity contribution >= 4 is 17.6 Å². The molecule has 7 heteroatoms. The van der Waals surface area contributed by atoms with Crippen LogP contribution in [0.25, 0.3) is 0 Å². The molecule has 0 saturated carbocycles. The van der Waals surface area contributed by atoms with Crippen molar-refractivity contribution < 1.29 is 28.5 Å². The van der Waals surface area contributed by atoms with E-state index in [9.17, 15) is 9.59 Å². The van der Waals surface area contributed by atoms with Crippen LogP contribution in [0.15, 0.2) is 48.5 Å². The van der Waals surface area contributed by atoms with Gasteiger partial charge in [-0.25, -0.2) is 4.79 Å². The SMILES string of the molecule is CCOc1ccccc1NC(=O)COC(=O)c1ccc(OC[C@H]2CCCO2)cc1. The summed E-state index contributed by atoms with van der Waals surface area (Å²) in [6, 6.07) is 13.7. The molecule has 1 fully saturated rings. The number of hydrogen-bond acceptors (Lipinski definition) is 6. The third-order valence-electron chi connectivity index (χ3n) is 4.35. The number of esters is 1. The summed E-state index contributed by atoms with van der Waals surface area (Å²) in [4.78, 5) is 24.3. The van der Waals surface area contributed by atoms with Gasteiger partial charge in [0, 0.05) is 6.61 Å². The van der Waals surface area contributed by atoms with Gasteiger partial charge in [0.15, 0.2) is 6.61 Å². The molecule has 2 aromatic carbocycles. The number of carbonyl (C=O) groups is 2. The normalized spacial score (nSPS) is 15.6. The lowest BCUT2D eigenvalue weighted by Gasteiger charge is -2.12. The van der Waals surface area contributed by atoms with Crippen LogP contribution in [0, 0.1) is 0 Å². The van der Waals surface area contributed by atoms with Crippen LogP contribution in [-0.2, 0) is 14.3 Å². The summed E-state index contributed by atoms with van der Waals surface area (Å²) in [5.41, 5.74) is 0.875. The first kappa shape index (κ1) is 20.7. The van der Waals surface area contributed by atoms with E-state index in [2.05, 4.69) is 5.32 Å². The molecule has 7 nitrogen and oxygen atoms in total. The summed E-state index contributed by atoms with van der Waals surface area (Å²) in [5.74, 6) is 0.196. The highest BCUT2D eigenvalue weighted by Crippen LogP contribution is 2.23. The quantitative estimate of drug-likeness (QED) is 0.651. The van der Waals surface area contributed by atoms with Crippen molar-refractivity contribution in [3.8, 4) is 11.5 Å². The average molecular weight is 399 g/mol. The number of carbonyl (C=O) groups excluding carboxylic acids is 2. The average Bonchev–Trinajstić information content (AvgIpc) is 3.26. The first-order valence-corrected chi connectivity index (χ1v) is 9.69. The minimum Gasteiger partial charge on any atom is -0.492 e. The van der Waals surface area contributed by atoms with Crippen LogP contribution in [-0.4, -0.2) is 44.4 Å². The molecule has 0 radical (unpaired) electrons. The summed E-state index contributed by atoms with van der Waals surface area (Å²) in [6.07, 6.45) is 2.19. The topological polar surface area (TPSA) is 83.1 Å². The zero-order chi connectivity index (χ0) is 20.5. The first-order valence-electron chi connectivity index (χ1n) is 9.69. The molecule has 1 amide bonds. The fraction of sp³-hybridized carbons (Fsp3) is 0.364. The Kier molecular flexibility index (Phi) is 7.47. The molecule has 1 N–H and O–H groups in total. The maximum atomic E-state index is 12.2. The van der Waals surface area contributed by atoms with E-state index in [1.165, 1.54) is 0 Å². The molecule has 0 spiro atoms. The van der Waals surface area contributed by atoms with Crippen molar-refractivity contribution in [2.45, 2.75) is 25.9 Å². The number of nitrogens with one attached hydrogen (secondary N) is 1. The fourth-order valence-electron chi connectivity index (χ4n) is 2.90. The summed E-state index contributed by atoms with van der Waals surface area (Å²) >= 11 is 0. The van der Waals surface area contributed by atoms with Gasteiger partial charge in [-0.1, -0.05) is 12.1 Å². The van der Waals surface area contributed by atoms with Crippen molar-refractivity contribution in [3.63, 3.8) is 0 Å². The summed E-state index contributed by atoms with van der Waals surface area (Å²) in [7, 11) is 0. The molecule has 1 saturated heterocycles. The molecule has 1 aliphatic rings. The van der Waals surface area contributed by atoms with E-state index < -0.39 is 18.5 Å². The first-order chi connectivity index (χ1) is 14.2. The predicted octanol–water partition coefficient (Wildman–Crippen LogP) is 3.44. The van der Waals surface area contributed by atoms with Crippen molar-refractivity contribution in [2.75, 3.05) is 31.7 Å². The lowest BCUT2D eigenvalue weighted by Crippen LogP contribution is -2.21. The molecule has 29 heavy (non-hydrogen) atoms. The minimum atomic E-state index is -0.580. The summed E-state index contributed by atoms with van der Waals surface area (Å²) in [6.45, 7) is 3.22. The zero-order valence-corrected chi connectivity index (χ0v) is 16.4. The number of amides is 1. The Bertz CT molecular complexity index is 814. The molecule has 1 aliphatic heterocycles. The molecular weight excluding hydrogens is 374 g/mol. The lowest BCUT2D eigenvalue weighted by atomic mass is 10.2.